The zero-order chi connectivity index (χ0) is 14.8. The smallest absolute Gasteiger partial charge is 0.207 e. The van der Waals surface area contributed by atoms with Crippen molar-refractivity contribution in [3.8, 4) is 0 Å². The van der Waals surface area contributed by atoms with Gasteiger partial charge >= 0.3 is 0 Å². The number of benzene rings is 2. The van der Waals surface area contributed by atoms with Gasteiger partial charge in [-0.2, -0.15) is 0 Å². The van der Waals surface area contributed by atoms with Crippen molar-refractivity contribution in [1.82, 2.24) is 4.72 Å². The van der Waals surface area contributed by atoms with E-state index >= 15 is 0 Å². The van der Waals surface area contributed by atoms with Crippen LogP contribution in [0.25, 0.3) is 0 Å². The Morgan fingerprint density at radius 2 is 1.60 bits per heavy atom. The molecule has 0 aliphatic carbocycles. The molecule has 106 valence electrons. The largest absolute Gasteiger partial charge is 0.241 e. The topological polar surface area (TPSA) is 46.2 Å². The maximum Gasteiger partial charge on any atom is 0.241 e. The van der Waals surface area contributed by atoms with Crippen molar-refractivity contribution in [2.45, 2.75) is 17.9 Å². The van der Waals surface area contributed by atoms with Crippen LogP contribution in [0.15, 0.2) is 53.4 Å². The Balaban J connectivity index is 2.24. The van der Waals surface area contributed by atoms with Gasteiger partial charge in [0.25, 0.3) is 0 Å². The lowest BCUT2D eigenvalue weighted by Gasteiger charge is -2.15. The zero-order valence-electron chi connectivity index (χ0n) is 10.7. The van der Waals surface area contributed by atoms with Crippen molar-refractivity contribution in [2.75, 3.05) is 0 Å². The molecule has 0 amide bonds. The molecule has 1 N–H and O–H groups in total. The number of halogens is 2. The summed E-state index contributed by atoms with van der Waals surface area (Å²) in [6.45, 7) is 1.76. The minimum Gasteiger partial charge on any atom is -0.207 e. The number of nitrogens with one attached hydrogen (secondary N) is 1. The third-order valence-corrected chi connectivity index (χ3v) is 4.80. The van der Waals surface area contributed by atoms with Crippen molar-refractivity contribution in [1.29, 1.82) is 0 Å². The molecule has 0 fully saturated rings. The molecule has 2 aromatic carbocycles. The number of sulfonamides is 1. The van der Waals surface area contributed by atoms with Gasteiger partial charge in [-0.15, -0.1) is 0 Å². The summed E-state index contributed by atoms with van der Waals surface area (Å²) in [4.78, 5) is 0.138. The third-order valence-electron chi connectivity index (χ3n) is 2.79. The lowest BCUT2D eigenvalue weighted by Crippen LogP contribution is -2.26. The molecular formula is C14H13Cl2NO2S. The highest BCUT2D eigenvalue weighted by Gasteiger charge is 2.18. The van der Waals surface area contributed by atoms with Gasteiger partial charge in [-0.1, -0.05) is 41.4 Å². The summed E-state index contributed by atoms with van der Waals surface area (Å²) in [5.74, 6) is 0. The van der Waals surface area contributed by atoms with Crippen molar-refractivity contribution in [3.05, 3.63) is 64.1 Å². The minimum atomic E-state index is -3.62. The van der Waals surface area contributed by atoms with Crippen LogP contribution in [0.5, 0.6) is 0 Å². The predicted octanol–water partition coefficient (Wildman–Crippen LogP) is 4.03. The fourth-order valence-electron chi connectivity index (χ4n) is 1.78. The van der Waals surface area contributed by atoms with Crippen molar-refractivity contribution in [3.63, 3.8) is 0 Å². The minimum absolute atomic E-state index is 0.138. The Bertz CT molecular complexity index is 717. The van der Waals surface area contributed by atoms with E-state index in [1.54, 1.807) is 37.3 Å². The highest BCUT2D eigenvalue weighted by molar-refractivity contribution is 7.89. The molecule has 20 heavy (non-hydrogen) atoms. The van der Waals surface area contributed by atoms with E-state index in [0.717, 1.165) is 5.56 Å². The highest BCUT2D eigenvalue weighted by atomic mass is 35.5. The summed E-state index contributed by atoms with van der Waals surface area (Å²) in [7, 11) is -3.62. The third kappa shape index (κ3) is 3.73. The number of rotatable bonds is 4. The van der Waals surface area contributed by atoms with Crippen LogP contribution < -0.4 is 4.72 Å². The lowest BCUT2D eigenvalue weighted by atomic mass is 10.1. The number of hydrogen-bond donors (Lipinski definition) is 1. The van der Waals surface area contributed by atoms with Crippen molar-refractivity contribution < 1.29 is 8.42 Å². The van der Waals surface area contributed by atoms with Crippen LogP contribution in [0.2, 0.25) is 10.0 Å². The molecule has 3 nitrogen and oxygen atoms in total. The molecule has 0 aliphatic rings. The van der Waals surface area contributed by atoms with E-state index in [-0.39, 0.29) is 4.90 Å². The molecule has 0 bridgehead atoms. The second-order valence-electron chi connectivity index (χ2n) is 4.36. The molecule has 0 radical (unpaired) electrons. The SMILES string of the molecule is CC(NS(=O)(=O)c1cccc(Cl)c1)c1cccc(Cl)c1. The van der Waals surface area contributed by atoms with E-state index < -0.39 is 16.1 Å². The zero-order valence-corrected chi connectivity index (χ0v) is 13.0. The second kappa shape index (κ2) is 6.14. The number of hydrogen-bond acceptors (Lipinski definition) is 2. The van der Waals surface area contributed by atoms with Crippen LogP contribution in [-0.2, 0) is 10.0 Å². The molecule has 0 aliphatic heterocycles. The van der Waals surface area contributed by atoms with E-state index in [1.165, 1.54) is 12.1 Å². The van der Waals surface area contributed by atoms with E-state index in [4.69, 9.17) is 23.2 Å². The van der Waals surface area contributed by atoms with Crippen LogP contribution in [0, 0.1) is 0 Å². The fourth-order valence-corrected chi connectivity index (χ4v) is 3.51. The fraction of sp³-hybridized carbons (Fsp3) is 0.143. The first kappa shape index (κ1) is 15.3. The normalized spacial score (nSPS) is 13.2. The maximum absolute atomic E-state index is 12.3. The van der Waals surface area contributed by atoms with Gasteiger partial charge < -0.3 is 0 Å². The monoisotopic (exact) mass is 329 g/mol. The van der Waals surface area contributed by atoms with Gasteiger partial charge in [0.2, 0.25) is 10.0 Å². The van der Waals surface area contributed by atoms with E-state index in [9.17, 15) is 8.42 Å². The van der Waals surface area contributed by atoms with Crippen molar-refractivity contribution >= 4 is 33.2 Å². The Morgan fingerprint density at radius 1 is 1.00 bits per heavy atom. The molecule has 2 rings (SSSR count). The molecule has 0 saturated heterocycles. The quantitative estimate of drug-likeness (QED) is 0.920. The van der Waals surface area contributed by atoms with Crippen LogP contribution in [0.3, 0.4) is 0 Å². The van der Waals surface area contributed by atoms with E-state index in [1.807, 2.05) is 6.07 Å². The predicted molar refractivity (Wildman–Crippen MR) is 81.6 cm³/mol. The van der Waals surface area contributed by atoms with Crippen LogP contribution in [-0.4, -0.2) is 8.42 Å². The van der Waals surface area contributed by atoms with Gasteiger partial charge in [-0.05, 0) is 42.8 Å². The lowest BCUT2D eigenvalue weighted by molar-refractivity contribution is 0.567. The molecule has 0 aromatic heterocycles. The van der Waals surface area contributed by atoms with Crippen LogP contribution >= 0.6 is 23.2 Å². The molecular weight excluding hydrogens is 317 g/mol. The molecule has 1 unspecified atom stereocenters. The summed E-state index contributed by atoms with van der Waals surface area (Å²) in [5.41, 5.74) is 0.795. The summed E-state index contributed by atoms with van der Waals surface area (Å²) in [6.07, 6.45) is 0. The average Bonchev–Trinajstić information content (AvgIpc) is 2.38. The van der Waals surface area contributed by atoms with Crippen LogP contribution in [0.1, 0.15) is 18.5 Å². The summed E-state index contributed by atoms with van der Waals surface area (Å²) in [6, 6.07) is 12.8. The Kier molecular flexibility index (Phi) is 4.70. The Hall–Kier alpha value is -1.07. The van der Waals surface area contributed by atoms with Gasteiger partial charge in [0, 0.05) is 16.1 Å². The molecule has 1 atom stereocenters. The Labute approximate surface area is 128 Å². The summed E-state index contributed by atoms with van der Waals surface area (Å²) in [5, 5.41) is 0.944. The van der Waals surface area contributed by atoms with E-state index in [0.29, 0.717) is 10.0 Å². The second-order valence-corrected chi connectivity index (χ2v) is 6.94. The molecule has 0 heterocycles. The summed E-state index contributed by atoms with van der Waals surface area (Å²) >= 11 is 11.7. The maximum atomic E-state index is 12.3. The van der Waals surface area contributed by atoms with Gasteiger partial charge in [0.15, 0.2) is 0 Å². The van der Waals surface area contributed by atoms with Crippen molar-refractivity contribution in [2.24, 2.45) is 0 Å². The highest BCUT2D eigenvalue weighted by Crippen LogP contribution is 2.21. The molecule has 0 spiro atoms. The average molecular weight is 330 g/mol. The standard InChI is InChI=1S/C14H13Cl2NO2S/c1-10(11-4-2-5-12(15)8-11)17-20(18,19)14-7-3-6-13(16)9-14/h2-10,17H,1H3. The van der Waals surface area contributed by atoms with Gasteiger partial charge in [-0.25, -0.2) is 13.1 Å². The van der Waals surface area contributed by atoms with Crippen LogP contribution in [0.4, 0.5) is 0 Å². The van der Waals surface area contributed by atoms with Gasteiger partial charge in [-0.3, -0.25) is 0 Å². The first-order chi connectivity index (χ1) is 9.38. The molecule has 0 saturated carbocycles. The first-order valence-corrected chi connectivity index (χ1v) is 8.16. The molecule has 2 aromatic rings. The first-order valence-electron chi connectivity index (χ1n) is 5.92. The van der Waals surface area contributed by atoms with Gasteiger partial charge in [0.1, 0.15) is 0 Å². The Morgan fingerprint density at radius 3 is 2.20 bits per heavy atom. The summed E-state index contributed by atoms with van der Waals surface area (Å²) < 4.78 is 27.1. The van der Waals surface area contributed by atoms with Gasteiger partial charge in [0.05, 0.1) is 4.90 Å². The van der Waals surface area contributed by atoms with E-state index in [2.05, 4.69) is 4.72 Å². The molecule has 6 heteroatoms.